The molecule has 0 aliphatic carbocycles. The zero-order chi connectivity index (χ0) is 27.8. The smallest absolute Gasteiger partial charge is 0.246 e. The van der Waals surface area contributed by atoms with Crippen molar-refractivity contribution in [3.8, 4) is 0 Å². The minimum absolute atomic E-state index is 0.117. The van der Waals surface area contributed by atoms with E-state index in [4.69, 9.17) is 70.1 Å². The molecule has 39 heavy (non-hydrogen) atoms. The molecule has 0 amide bonds. The lowest BCUT2D eigenvalue weighted by atomic mass is 10.1. The molecule has 0 saturated heterocycles. The summed E-state index contributed by atoms with van der Waals surface area (Å²) in [6.45, 7) is 0.598. The summed E-state index contributed by atoms with van der Waals surface area (Å²) in [5.74, 6) is 0.351. The number of halogens is 6. The Kier molecular flexibility index (Phi) is 11.0. The fourth-order valence-corrected chi connectivity index (χ4v) is 5.34. The maximum absolute atomic E-state index is 6.63. The molecular weight excluding hydrogens is 621 g/mol. The van der Waals surface area contributed by atoms with Gasteiger partial charge in [0, 0.05) is 35.3 Å². The predicted molar refractivity (Wildman–Crippen MR) is 165 cm³/mol. The van der Waals surface area contributed by atoms with Crippen molar-refractivity contribution in [1.82, 2.24) is 15.0 Å². The molecule has 0 spiro atoms. The van der Waals surface area contributed by atoms with Gasteiger partial charge in [0.2, 0.25) is 17.8 Å². The van der Waals surface area contributed by atoms with Gasteiger partial charge >= 0.3 is 0 Å². The number of hydrogen-bond acceptors (Lipinski definition) is 6. The van der Waals surface area contributed by atoms with Crippen LogP contribution in [0.3, 0.4) is 0 Å². The van der Waals surface area contributed by atoms with Gasteiger partial charge in [-0.05, 0) is 16.7 Å². The van der Waals surface area contributed by atoms with Crippen molar-refractivity contribution < 1.29 is 0 Å². The average molecular weight is 645 g/mol. The van der Waals surface area contributed by atoms with Gasteiger partial charge in [-0.15, -0.1) is 34.8 Å². The quantitative estimate of drug-likeness (QED) is 0.114. The van der Waals surface area contributed by atoms with E-state index in [-0.39, 0.29) is 37.5 Å². The van der Waals surface area contributed by atoms with Gasteiger partial charge in [0.05, 0.1) is 35.8 Å². The van der Waals surface area contributed by atoms with Crippen LogP contribution in [0, 0.1) is 0 Å². The molecular formula is C27H24Cl6N6. The van der Waals surface area contributed by atoms with Crippen LogP contribution in [-0.4, -0.2) is 34.6 Å². The lowest BCUT2D eigenvalue weighted by molar-refractivity contribution is 0.832. The van der Waals surface area contributed by atoms with Gasteiger partial charge < -0.3 is 0 Å². The zero-order valence-corrected chi connectivity index (χ0v) is 25.0. The van der Waals surface area contributed by atoms with Crippen molar-refractivity contribution in [3.05, 3.63) is 108 Å². The summed E-state index contributed by atoms with van der Waals surface area (Å²) >= 11 is 39.8. The summed E-state index contributed by atoms with van der Waals surface area (Å²) < 4.78 is 3.92. The van der Waals surface area contributed by atoms with Crippen molar-refractivity contribution in [2.45, 2.75) is 16.1 Å². The average Bonchev–Trinajstić information content (AvgIpc) is 2.98. The molecule has 0 radical (unpaired) electrons. The molecule has 0 aliphatic heterocycles. The number of hydrogen-bond donors (Lipinski definition) is 0. The third-order valence-corrected chi connectivity index (χ3v) is 7.73. The summed E-state index contributed by atoms with van der Waals surface area (Å²) in [5, 5.41) is -1.29. The molecule has 4 aromatic rings. The molecule has 204 valence electrons. The lowest BCUT2D eigenvalue weighted by Gasteiger charge is -2.24. The van der Waals surface area contributed by atoms with E-state index < -0.39 is 16.1 Å². The molecule has 1 heterocycles. The van der Waals surface area contributed by atoms with E-state index in [0.29, 0.717) is 0 Å². The topological polar surface area (TPSA) is 48.4 Å². The number of rotatable bonds is 12. The van der Waals surface area contributed by atoms with Crippen LogP contribution in [0.5, 0.6) is 0 Å². The number of aromatic nitrogens is 3. The Hall–Kier alpha value is -2.19. The highest BCUT2D eigenvalue weighted by molar-refractivity contribution is 6.29. The first kappa shape index (κ1) is 29.8. The molecule has 1 aromatic heterocycles. The number of anilines is 3. The van der Waals surface area contributed by atoms with Crippen LogP contribution in [0.1, 0.15) is 32.8 Å². The van der Waals surface area contributed by atoms with Crippen LogP contribution >= 0.6 is 70.1 Å². The predicted octanol–water partition coefficient (Wildman–Crippen LogP) is 8.69. The second kappa shape index (κ2) is 14.4. The molecule has 0 saturated carbocycles. The molecule has 0 N–H and O–H groups in total. The standard InChI is InChI=1S/C27H24Cl6N6/c28-22(19-10-4-1-5-11-19)16-37(31)25-34-26(38(32)17-23(29)20-12-6-2-7-13-20)36-27(35-25)39(33)18-24(30)21-14-8-3-9-15-21/h1-15,22-24H,16-18H2. The van der Waals surface area contributed by atoms with Gasteiger partial charge in [-0.3, -0.25) is 13.3 Å². The van der Waals surface area contributed by atoms with E-state index >= 15 is 0 Å². The van der Waals surface area contributed by atoms with Crippen molar-refractivity contribution in [2.75, 3.05) is 32.9 Å². The van der Waals surface area contributed by atoms with Crippen LogP contribution in [0.15, 0.2) is 91.0 Å². The molecule has 3 atom stereocenters. The maximum Gasteiger partial charge on any atom is 0.246 e. The van der Waals surface area contributed by atoms with Crippen LogP contribution in [0.25, 0.3) is 0 Å². The van der Waals surface area contributed by atoms with E-state index in [1.807, 2.05) is 91.0 Å². The monoisotopic (exact) mass is 642 g/mol. The fraction of sp³-hybridized carbons (Fsp3) is 0.222. The van der Waals surface area contributed by atoms with Gasteiger partial charge in [0.15, 0.2) is 0 Å². The Morgan fingerprint density at radius 1 is 0.436 bits per heavy atom. The Labute approximate surface area is 258 Å². The zero-order valence-electron chi connectivity index (χ0n) is 20.5. The highest BCUT2D eigenvalue weighted by Crippen LogP contribution is 2.31. The lowest BCUT2D eigenvalue weighted by Crippen LogP contribution is -2.26. The Bertz CT molecular complexity index is 1130. The van der Waals surface area contributed by atoms with E-state index in [9.17, 15) is 0 Å². The molecule has 3 unspecified atom stereocenters. The first-order valence-electron chi connectivity index (χ1n) is 11.9. The number of benzene rings is 3. The van der Waals surface area contributed by atoms with E-state index in [1.54, 1.807) is 0 Å². The Morgan fingerprint density at radius 3 is 0.897 bits per heavy atom. The van der Waals surface area contributed by atoms with E-state index in [2.05, 4.69) is 15.0 Å². The minimum Gasteiger partial charge on any atom is -0.251 e. The third-order valence-electron chi connectivity index (χ3n) is 5.70. The van der Waals surface area contributed by atoms with Gasteiger partial charge in [0.1, 0.15) is 0 Å². The first-order valence-corrected chi connectivity index (χ1v) is 14.3. The van der Waals surface area contributed by atoms with Crippen LogP contribution in [0.2, 0.25) is 0 Å². The van der Waals surface area contributed by atoms with E-state index in [0.717, 1.165) is 16.7 Å². The van der Waals surface area contributed by atoms with Crippen molar-refractivity contribution in [3.63, 3.8) is 0 Å². The highest BCUT2D eigenvalue weighted by atomic mass is 35.5. The second-order valence-electron chi connectivity index (χ2n) is 8.50. The molecule has 6 nitrogen and oxygen atoms in total. The normalized spacial score (nSPS) is 13.4. The maximum atomic E-state index is 6.63. The van der Waals surface area contributed by atoms with Gasteiger partial charge in [0.25, 0.3) is 0 Å². The molecule has 0 bridgehead atoms. The van der Waals surface area contributed by atoms with Crippen molar-refractivity contribution in [1.29, 1.82) is 0 Å². The third kappa shape index (κ3) is 8.40. The Balaban J connectivity index is 1.59. The molecule has 0 fully saturated rings. The fourth-order valence-electron chi connectivity index (χ4n) is 3.64. The summed E-state index contributed by atoms with van der Waals surface area (Å²) in [4.78, 5) is 13.4. The summed E-state index contributed by atoms with van der Waals surface area (Å²) in [5.41, 5.74) is 2.70. The van der Waals surface area contributed by atoms with Gasteiger partial charge in [-0.25, -0.2) is 0 Å². The largest absolute Gasteiger partial charge is 0.251 e. The highest BCUT2D eigenvalue weighted by Gasteiger charge is 2.24. The molecule has 12 heteroatoms. The minimum atomic E-state index is -0.429. The molecule has 4 rings (SSSR count). The van der Waals surface area contributed by atoms with Crippen molar-refractivity contribution in [2.24, 2.45) is 0 Å². The summed E-state index contributed by atoms with van der Waals surface area (Å²) in [6.07, 6.45) is 0. The number of nitrogens with zero attached hydrogens (tertiary/aromatic N) is 6. The van der Waals surface area contributed by atoms with Crippen LogP contribution in [0.4, 0.5) is 17.8 Å². The molecule has 0 aliphatic rings. The second-order valence-corrected chi connectivity index (χ2v) is 11.3. The number of alkyl halides is 3. The van der Waals surface area contributed by atoms with Gasteiger partial charge in [-0.1, -0.05) is 91.0 Å². The molecule has 3 aromatic carbocycles. The SMILES string of the molecule is ClC(CN(Cl)c1nc(N(Cl)CC(Cl)c2ccccc2)nc(N(Cl)CC(Cl)c2ccccc2)n1)c1ccccc1. The van der Waals surface area contributed by atoms with Gasteiger partial charge in [-0.2, -0.15) is 15.0 Å². The van der Waals surface area contributed by atoms with Crippen LogP contribution < -0.4 is 13.3 Å². The van der Waals surface area contributed by atoms with E-state index in [1.165, 1.54) is 13.3 Å². The Morgan fingerprint density at radius 2 is 0.667 bits per heavy atom. The summed E-state index contributed by atoms with van der Waals surface area (Å²) in [6, 6.07) is 28.7. The van der Waals surface area contributed by atoms with Crippen molar-refractivity contribution >= 4 is 88.0 Å². The summed E-state index contributed by atoms with van der Waals surface area (Å²) in [7, 11) is 0. The first-order chi connectivity index (χ1) is 18.8. The van der Waals surface area contributed by atoms with Crippen LogP contribution in [-0.2, 0) is 0 Å².